The summed E-state index contributed by atoms with van der Waals surface area (Å²) in [5.74, 6) is 0.407. The maximum Gasteiger partial charge on any atom is 0.328 e. The number of anilines is 1. The number of carboxylic acid groups (broad SMARTS) is 1. The highest BCUT2D eigenvalue weighted by Gasteiger charge is 2.27. The summed E-state index contributed by atoms with van der Waals surface area (Å²) in [6, 6.07) is 18.4. The first-order valence-electron chi connectivity index (χ1n) is 16.1. The number of benzene rings is 2. The van der Waals surface area contributed by atoms with Gasteiger partial charge in [-0.05, 0) is 84.9 Å². The van der Waals surface area contributed by atoms with Gasteiger partial charge in [-0.2, -0.15) is 0 Å². The van der Waals surface area contributed by atoms with Gasteiger partial charge in [0, 0.05) is 25.4 Å². The van der Waals surface area contributed by atoms with Crippen molar-refractivity contribution in [3.05, 3.63) is 78.0 Å². The molecule has 44 heavy (non-hydrogen) atoms. The number of H-pyrrole nitrogens is 1. The average molecular weight is 604 g/mol. The van der Waals surface area contributed by atoms with E-state index in [1.807, 2.05) is 18.3 Å². The van der Waals surface area contributed by atoms with E-state index in [2.05, 4.69) is 63.1 Å². The molecule has 1 aliphatic heterocycles. The van der Waals surface area contributed by atoms with Crippen molar-refractivity contribution < 1.29 is 20.1 Å². The zero-order chi connectivity index (χ0) is 31.1. The molecule has 0 bridgehead atoms. The molecule has 8 N–H and O–H groups in total. The van der Waals surface area contributed by atoms with E-state index in [9.17, 15) is 15.0 Å². The van der Waals surface area contributed by atoms with Gasteiger partial charge in [-0.1, -0.05) is 68.1 Å². The van der Waals surface area contributed by atoms with E-state index in [1.54, 1.807) is 0 Å². The lowest BCUT2D eigenvalue weighted by atomic mass is 9.84. The summed E-state index contributed by atoms with van der Waals surface area (Å²) in [7, 11) is 0. The number of aromatic nitrogens is 1. The highest BCUT2D eigenvalue weighted by atomic mass is 16.4. The number of guanidine groups is 1. The molecule has 0 fully saturated rings. The lowest BCUT2D eigenvalue weighted by Crippen LogP contribution is -2.48. The quantitative estimate of drug-likeness (QED) is 0.0687. The van der Waals surface area contributed by atoms with Crippen LogP contribution >= 0.6 is 0 Å². The van der Waals surface area contributed by atoms with Gasteiger partial charge in [0.2, 0.25) is 0 Å². The molecular formula is C35H49N5O4. The zero-order valence-corrected chi connectivity index (χ0v) is 25.6. The van der Waals surface area contributed by atoms with Gasteiger partial charge in [0.25, 0.3) is 0 Å². The molecule has 0 saturated heterocycles. The summed E-state index contributed by atoms with van der Waals surface area (Å²) in [6.45, 7) is 0.770. The number of hydrogen-bond donors (Lipinski definition) is 7. The molecule has 0 saturated carbocycles. The van der Waals surface area contributed by atoms with E-state index < -0.39 is 5.97 Å². The van der Waals surface area contributed by atoms with Crippen molar-refractivity contribution in [1.82, 2.24) is 10.3 Å². The summed E-state index contributed by atoms with van der Waals surface area (Å²) in [4.78, 5) is 19.5. The van der Waals surface area contributed by atoms with Crippen LogP contribution < -0.4 is 16.4 Å². The Morgan fingerprint density at radius 3 is 2.52 bits per heavy atom. The molecule has 3 aromatic rings. The van der Waals surface area contributed by atoms with Crippen molar-refractivity contribution in [2.24, 2.45) is 10.7 Å². The van der Waals surface area contributed by atoms with Crippen LogP contribution in [0.4, 0.5) is 5.82 Å². The largest absolute Gasteiger partial charge is 0.478 e. The molecule has 9 heteroatoms. The number of aromatic amines is 1. The summed E-state index contributed by atoms with van der Waals surface area (Å²) in [6.07, 6.45) is 12.2. The molecule has 238 valence electrons. The van der Waals surface area contributed by atoms with Crippen LogP contribution in [0.15, 0.2) is 77.4 Å². The minimum absolute atomic E-state index is 0.229. The molecule has 0 radical (unpaired) electrons. The van der Waals surface area contributed by atoms with Gasteiger partial charge in [-0.25, -0.2) is 4.79 Å². The maximum atomic E-state index is 12.0. The number of nitrogens with two attached hydrogens (primary N) is 1. The van der Waals surface area contributed by atoms with Crippen LogP contribution in [0.25, 0.3) is 10.8 Å². The van der Waals surface area contributed by atoms with Crippen molar-refractivity contribution in [3.63, 3.8) is 0 Å². The van der Waals surface area contributed by atoms with E-state index in [0.717, 1.165) is 69.2 Å². The van der Waals surface area contributed by atoms with E-state index in [-0.39, 0.29) is 30.7 Å². The molecule has 0 aliphatic carbocycles. The van der Waals surface area contributed by atoms with Crippen LogP contribution in [0.1, 0.15) is 82.1 Å². The van der Waals surface area contributed by atoms with Gasteiger partial charge < -0.3 is 36.7 Å². The van der Waals surface area contributed by atoms with Crippen molar-refractivity contribution in [3.8, 4) is 0 Å². The third kappa shape index (κ3) is 10.4. The number of nitrogens with zero attached hydrogens (tertiary/aromatic N) is 1. The zero-order valence-electron chi connectivity index (χ0n) is 25.6. The number of aliphatic carboxylic acids is 1. The second-order valence-corrected chi connectivity index (χ2v) is 11.9. The molecule has 1 aromatic heterocycles. The number of rotatable bonds is 19. The average Bonchev–Trinajstić information content (AvgIpc) is 3.54. The smallest absolute Gasteiger partial charge is 0.328 e. The number of carbonyl (C=O) groups is 1. The highest BCUT2D eigenvalue weighted by Crippen LogP contribution is 2.33. The minimum atomic E-state index is -0.988. The molecule has 2 heterocycles. The van der Waals surface area contributed by atoms with Gasteiger partial charge in [-0.3, -0.25) is 4.99 Å². The lowest BCUT2D eigenvalue weighted by Gasteiger charge is -2.32. The number of aliphatic hydroxyl groups is 2. The molecule has 0 amide bonds. The van der Waals surface area contributed by atoms with Crippen LogP contribution in [0.3, 0.4) is 0 Å². The van der Waals surface area contributed by atoms with Crippen LogP contribution in [-0.2, 0) is 4.79 Å². The molecule has 1 aliphatic rings. The Hall–Kier alpha value is -3.82. The number of carboxylic acids is 1. The Kier molecular flexibility index (Phi) is 13.1. The van der Waals surface area contributed by atoms with Gasteiger partial charge in [0.1, 0.15) is 5.82 Å². The normalized spacial score (nSPS) is 17.5. The predicted molar refractivity (Wildman–Crippen MR) is 178 cm³/mol. The number of aliphatic imine (C=N–C) groups is 1. The van der Waals surface area contributed by atoms with E-state index >= 15 is 0 Å². The maximum absolute atomic E-state index is 12.0. The molecular weight excluding hydrogens is 554 g/mol. The Labute approximate surface area is 260 Å². The Balaban J connectivity index is 1.51. The third-order valence-electron chi connectivity index (χ3n) is 8.63. The van der Waals surface area contributed by atoms with Gasteiger partial charge in [0.05, 0.1) is 18.2 Å². The second kappa shape index (κ2) is 17.5. The monoisotopic (exact) mass is 603 g/mol. The van der Waals surface area contributed by atoms with Crippen molar-refractivity contribution in [2.75, 3.05) is 18.5 Å². The molecule has 4 atom stereocenters. The topological polar surface area (TPSA) is 156 Å². The number of hydrogen-bond acceptors (Lipinski definition) is 7. The van der Waals surface area contributed by atoms with Crippen LogP contribution in [0.2, 0.25) is 0 Å². The van der Waals surface area contributed by atoms with E-state index in [1.165, 1.54) is 22.4 Å². The Morgan fingerprint density at radius 2 is 1.77 bits per heavy atom. The first-order valence-corrected chi connectivity index (χ1v) is 16.1. The van der Waals surface area contributed by atoms with E-state index in [4.69, 9.17) is 10.8 Å². The Morgan fingerprint density at radius 1 is 0.977 bits per heavy atom. The fourth-order valence-corrected chi connectivity index (χ4v) is 6.27. The van der Waals surface area contributed by atoms with Crippen LogP contribution in [0.5, 0.6) is 0 Å². The highest BCUT2D eigenvalue weighted by molar-refractivity contribution is 5.84. The van der Waals surface area contributed by atoms with Gasteiger partial charge in [0.15, 0.2) is 5.96 Å². The third-order valence-corrected chi connectivity index (χ3v) is 8.63. The summed E-state index contributed by atoms with van der Waals surface area (Å²) < 4.78 is 0. The van der Waals surface area contributed by atoms with Gasteiger partial charge in [-0.15, -0.1) is 0 Å². The second-order valence-electron chi connectivity index (χ2n) is 11.9. The summed E-state index contributed by atoms with van der Waals surface area (Å²) in [5.41, 5.74) is 8.02. The van der Waals surface area contributed by atoms with Crippen LogP contribution in [-0.4, -0.2) is 63.6 Å². The minimum Gasteiger partial charge on any atom is -0.478 e. The van der Waals surface area contributed by atoms with Crippen molar-refractivity contribution >= 4 is 28.5 Å². The lowest BCUT2D eigenvalue weighted by molar-refractivity contribution is -0.131. The van der Waals surface area contributed by atoms with Crippen molar-refractivity contribution in [1.29, 1.82) is 0 Å². The number of nitrogens with one attached hydrogen (secondary N) is 3. The van der Waals surface area contributed by atoms with E-state index in [0.29, 0.717) is 25.3 Å². The van der Waals surface area contributed by atoms with Crippen molar-refractivity contribution in [2.45, 2.75) is 94.7 Å². The number of aliphatic hydroxyl groups excluding tert-OH is 2. The fraction of sp³-hybridized carbons (Fsp3) is 0.486. The standard InChI is InChI=1S/C35H49N5O4/c36-35-38-21-19-32(40-35)30(24-34(43)44)31(39-33-14-8-20-37-33)18-17-26(11-7-13-29(42)12-3-1-2-6-22-41)28-16-15-25-9-4-5-10-27(25)23-28/h4-5,8-10,14-16,20,23-24,26,29,31-32,37,39,41-42H,1-3,6-7,11-13,17-19,21-22H2,(H,43,44)(H3,36,38,40). The number of fused-ring (bicyclic) bond motifs is 1. The number of unbranched alkanes of at least 4 members (excludes halogenated alkanes) is 3. The summed E-state index contributed by atoms with van der Waals surface area (Å²) >= 11 is 0. The van der Waals surface area contributed by atoms with Gasteiger partial charge >= 0.3 is 5.97 Å². The molecule has 9 nitrogen and oxygen atoms in total. The fourth-order valence-electron chi connectivity index (χ4n) is 6.27. The van der Waals surface area contributed by atoms with Crippen LogP contribution in [0, 0.1) is 0 Å². The molecule has 4 rings (SSSR count). The first-order chi connectivity index (χ1) is 21.4. The molecule has 0 spiro atoms. The first kappa shape index (κ1) is 33.1. The molecule has 4 unspecified atom stereocenters. The predicted octanol–water partition coefficient (Wildman–Crippen LogP) is 5.67. The molecule has 2 aromatic carbocycles. The summed E-state index contributed by atoms with van der Waals surface area (Å²) in [5, 5.41) is 38.7. The Bertz CT molecular complexity index is 1360. The SMILES string of the molecule is NC1=NCCC(C(=CC(=O)O)C(CCC(CCCC(O)CCCCCCO)c2ccc3ccccc3c2)Nc2ccc[nH]2)N1.